The van der Waals surface area contributed by atoms with Crippen LogP contribution in [0.1, 0.15) is 48.2 Å². The first kappa shape index (κ1) is 14.1. The maximum Gasteiger partial charge on any atom is 0.260 e. The van der Waals surface area contributed by atoms with Gasteiger partial charge in [0, 0.05) is 17.9 Å². The molecule has 2 heterocycles. The lowest BCUT2D eigenvalue weighted by Gasteiger charge is -2.18. The molecule has 112 valence electrons. The van der Waals surface area contributed by atoms with Crippen LogP contribution < -0.4 is 16.8 Å². The summed E-state index contributed by atoms with van der Waals surface area (Å²) in [4.78, 5) is 16.9. The average Bonchev–Trinajstić information content (AvgIpc) is 2.64. The number of thiophene rings is 1. The third-order valence-electron chi connectivity index (χ3n) is 4.07. The fourth-order valence-corrected chi connectivity index (χ4v) is 3.93. The minimum atomic E-state index is -0.490. The van der Waals surface area contributed by atoms with Gasteiger partial charge in [-0.15, -0.1) is 11.3 Å². The molecule has 2 aromatic rings. The lowest BCUT2D eigenvalue weighted by Crippen LogP contribution is -2.18. The Labute approximate surface area is 127 Å². The first-order valence-electron chi connectivity index (χ1n) is 7.40. The van der Waals surface area contributed by atoms with Crippen LogP contribution in [0.15, 0.2) is 12.3 Å². The fourth-order valence-electron chi connectivity index (χ4n) is 2.99. The molecule has 1 aliphatic carbocycles. The second-order valence-corrected chi connectivity index (χ2v) is 6.58. The van der Waals surface area contributed by atoms with E-state index in [-0.39, 0.29) is 0 Å². The summed E-state index contributed by atoms with van der Waals surface area (Å²) in [6.07, 6.45) is 9.26. The third-order valence-corrected chi connectivity index (χ3v) is 5.20. The molecule has 1 aliphatic rings. The predicted molar refractivity (Wildman–Crippen MR) is 87.7 cm³/mol. The molecule has 0 unspecified atom stereocenters. The van der Waals surface area contributed by atoms with Crippen molar-refractivity contribution in [3.63, 3.8) is 0 Å². The molecule has 5 N–H and O–H groups in total. The number of pyridine rings is 1. The monoisotopic (exact) mass is 304 g/mol. The molecule has 1 fully saturated rings. The molecular weight excluding hydrogens is 284 g/mol. The number of rotatable bonds is 3. The van der Waals surface area contributed by atoms with Gasteiger partial charge in [0.05, 0.1) is 11.1 Å². The summed E-state index contributed by atoms with van der Waals surface area (Å²) in [5.41, 5.74) is 12.9. The van der Waals surface area contributed by atoms with E-state index in [0.29, 0.717) is 16.6 Å². The van der Waals surface area contributed by atoms with Gasteiger partial charge < -0.3 is 16.8 Å². The largest absolute Gasteiger partial charge is 0.397 e. The number of carbonyl (C=O) groups excluding carboxylic acids is 1. The Balaban J connectivity index is 1.96. The van der Waals surface area contributed by atoms with Crippen LogP contribution in [0, 0.1) is 0 Å². The number of carbonyl (C=O) groups is 1. The summed E-state index contributed by atoms with van der Waals surface area (Å²) in [5.74, 6) is -0.490. The Morgan fingerprint density at radius 1 is 1.29 bits per heavy atom. The van der Waals surface area contributed by atoms with Gasteiger partial charge in [0.1, 0.15) is 9.71 Å². The molecule has 3 rings (SSSR count). The first-order valence-corrected chi connectivity index (χ1v) is 8.22. The number of hydrogen-bond donors (Lipinski definition) is 3. The van der Waals surface area contributed by atoms with Gasteiger partial charge in [-0.3, -0.25) is 4.79 Å². The lowest BCUT2D eigenvalue weighted by molar-refractivity contribution is 0.100. The van der Waals surface area contributed by atoms with Crippen molar-refractivity contribution >= 4 is 38.8 Å². The van der Waals surface area contributed by atoms with Crippen molar-refractivity contribution in [3.05, 3.63) is 17.1 Å². The summed E-state index contributed by atoms with van der Waals surface area (Å²) in [5, 5.41) is 4.43. The molecule has 1 saturated carbocycles. The highest BCUT2D eigenvalue weighted by Crippen LogP contribution is 2.37. The highest BCUT2D eigenvalue weighted by molar-refractivity contribution is 7.21. The van der Waals surface area contributed by atoms with Crippen LogP contribution in [0.2, 0.25) is 0 Å². The van der Waals surface area contributed by atoms with Gasteiger partial charge in [-0.1, -0.05) is 25.7 Å². The number of fused-ring (bicyclic) bond motifs is 1. The van der Waals surface area contributed by atoms with E-state index in [4.69, 9.17) is 11.5 Å². The Morgan fingerprint density at radius 2 is 2.00 bits per heavy atom. The topological polar surface area (TPSA) is 94.0 Å². The van der Waals surface area contributed by atoms with E-state index in [1.807, 2.05) is 6.07 Å². The summed E-state index contributed by atoms with van der Waals surface area (Å²) < 4.78 is 0. The van der Waals surface area contributed by atoms with Gasteiger partial charge in [0.25, 0.3) is 5.91 Å². The van der Waals surface area contributed by atoms with Crippen molar-refractivity contribution in [2.45, 2.75) is 44.6 Å². The number of nitrogen functional groups attached to an aromatic ring is 1. The molecule has 1 amide bonds. The van der Waals surface area contributed by atoms with E-state index >= 15 is 0 Å². The zero-order valence-electron chi connectivity index (χ0n) is 11.9. The number of nitrogens with zero attached hydrogens (tertiary/aromatic N) is 1. The Bertz CT molecular complexity index is 659. The van der Waals surface area contributed by atoms with Gasteiger partial charge in [-0.2, -0.15) is 0 Å². The van der Waals surface area contributed by atoms with Crippen LogP contribution in [0.4, 0.5) is 11.4 Å². The number of aromatic nitrogens is 1. The molecule has 0 spiro atoms. The standard InChI is InChI=1S/C15H20N4OS/c16-12-11-10(19-9-5-3-1-2-4-6-9)7-8-18-15(11)21-13(12)14(17)20/h7-9H,1-6,16H2,(H2,17,20)(H,18,19). The molecule has 5 nitrogen and oxygen atoms in total. The zero-order valence-corrected chi connectivity index (χ0v) is 12.7. The number of amides is 1. The summed E-state index contributed by atoms with van der Waals surface area (Å²) in [6.45, 7) is 0. The quantitative estimate of drug-likeness (QED) is 0.759. The summed E-state index contributed by atoms with van der Waals surface area (Å²) in [6, 6.07) is 2.40. The number of nitrogens with one attached hydrogen (secondary N) is 1. The maximum absolute atomic E-state index is 11.4. The van der Waals surface area contributed by atoms with Crippen molar-refractivity contribution < 1.29 is 4.79 Å². The van der Waals surface area contributed by atoms with Gasteiger partial charge in [0.2, 0.25) is 0 Å². The smallest absolute Gasteiger partial charge is 0.260 e. The van der Waals surface area contributed by atoms with Crippen molar-refractivity contribution in [3.8, 4) is 0 Å². The first-order chi connectivity index (χ1) is 10.2. The Morgan fingerprint density at radius 3 is 2.67 bits per heavy atom. The molecule has 0 atom stereocenters. The number of hydrogen-bond acceptors (Lipinski definition) is 5. The van der Waals surface area contributed by atoms with E-state index in [1.165, 1.54) is 49.9 Å². The van der Waals surface area contributed by atoms with Crippen molar-refractivity contribution in [1.82, 2.24) is 4.98 Å². The zero-order chi connectivity index (χ0) is 14.8. The van der Waals surface area contributed by atoms with Crippen LogP contribution in [0.5, 0.6) is 0 Å². The molecule has 0 saturated heterocycles. The molecule has 21 heavy (non-hydrogen) atoms. The predicted octanol–water partition coefficient (Wildman–Crippen LogP) is 3.11. The van der Waals surface area contributed by atoms with Crippen molar-refractivity contribution in [1.29, 1.82) is 0 Å². The van der Waals surface area contributed by atoms with E-state index < -0.39 is 5.91 Å². The lowest BCUT2D eigenvalue weighted by atomic mass is 10.1. The van der Waals surface area contributed by atoms with Crippen LogP contribution in [-0.2, 0) is 0 Å². The molecule has 0 aliphatic heterocycles. The third kappa shape index (κ3) is 2.81. The molecule has 6 heteroatoms. The van der Waals surface area contributed by atoms with E-state index in [0.717, 1.165) is 15.9 Å². The molecule has 0 radical (unpaired) electrons. The summed E-state index contributed by atoms with van der Waals surface area (Å²) in [7, 11) is 0. The van der Waals surface area contributed by atoms with E-state index in [9.17, 15) is 4.79 Å². The van der Waals surface area contributed by atoms with Crippen LogP contribution in [-0.4, -0.2) is 16.9 Å². The maximum atomic E-state index is 11.4. The van der Waals surface area contributed by atoms with Gasteiger partial charge in [0.15, 0.2) is 0 Å². The Hall–Kier alpha value is -1.82. The Kier molecular flexibility index (Phi) is 3.96. The molecule has 0 bridgehead atoms. The highest BCUT2D eigenvalue weighted by atomic mass is 32.1. The average molecular weight is 304 g/mol. The van der Waals surface area contributed by atoms with Crippen molar-refractivity contribution in [2.24, 2.45) is 5.73 Å². The molecule has 2 aromatic heterocycles. The number of nitrogens with two attached hydrogens (primary N) is 2. The fraction of sp³-hybridized carbons (Fsp3) is 0.467. The normalized spacial score (nSPS) is 16.8. The SMILES string of the molecule is NC(=O)c1sc2nccc(NC3CCCCCC3)c2c1N. The molecule has 0 aromatic carbocycles. The molecular formula is C15H20N4OS. The van der Waals surface area contributed by atoms with Crippen molar-refractivity contribution in [2.75, 3.05) is 11.1 Å². The van der Waals surface area contributed by atoms with Gasteiger partial charge in [-0.05, 0) is 18.9 Å². The second-order valence-electron chi connectivity index (χ2n) is 5.58. The minimum Gasteiger partial charge on any atom is -0.397 e. The van der Waals surface area contributed by atoms with Crippen LogP contribution >= 0.6 is 11.3 Å². The summed E-state index contributed by atoms with van der Waals surface area (Å²) >= 11 is 1.26. The van der Waals surface area contributed by atoms with E-state index in [1.54, 1.807) is 6.20 Å². The van der Waals surface area contributed by atoms with E-state index in [2.05, 4.69) is 10.3 Å². The van der Waals surface area contributed by atoms with Gasteiger partial charge >= 0.3 is 0 Å². The highest BCUT2D eigenvalue weighted by Gasteiger charge is 2.19. The van der Waals surface area contributed by atoms with Crippen LogP contribution in [0.3, 0.4) is 0 Å². The number of primary amides is 1. The number of anilines is 2. The van der Waals surface area contributed by atoms with Gasteiger partial charge in [-0.25, -0.2) is 4.98 Å². The minimum absolute atomic E-state index is 0.396. The second kappa shape index (κ2) is 5.89. The van der Waals surface area contributed by atoms with Crippen LogP contribution in [0.25, 0.3) is 10.2 Å².